The highest BCUT2D eigenvalue weighted by Gasteiger charge is 1.67. The zero-order chi connectivity index (χ0) is 8.41. The van der Waals surface area contributed by atoms with E-state index >= 15 is 0 Å². The minimum atomic E-state index is 0.198. The molecule has 0 fully saturated rings. The molecule has 0 aromatic rings. The molecule has 4 nitrogen and oxygen atoms in total. The van der Waals surface area contributed by atoms with Crippen molar-refractivity contribution in [2.75, 3.05) is 27.7 Å². The van der Waals surface area contributed by atoms with Crippen LogP contribution in [0.1, 0.15) is 0 Å². The summed E-state index contributed by atoms with van der Waals surface area (Å²) in [6.07, 6.45) is 1.45. The van der Waals surface area contributed by atoms with Gasteiger partial charge in [0.05, 0.1) is 0 Å². The number of rotatable bonds is 3. The molecule has 0 saturated carbocycles. The lowest BCUT2D eigenvalue weighted by atomic mass is 10.7. The van der Waals surface area contributed by atoms with Gasteiger partial charge in [0.15, 0.2) is 5.34 Å². The SMILES string of the molecule is C=CCON=O.CN(C)C. The molecule has 0 aromatic heterocycles. The van der Waals surface area contributed by atoms with Gasteiger partial charge in [0, 0.05) is 0 Å². The van der Waals surface area contributed by atoms with E-state index in [1.165, 1.54) is 6.08 Å². The Hall–Kier alpha value is -0.900. The van der Waals surface area contributed by atoms with Gasteiger partial charge in [0.25, 0.3) is 0 Å². The summed E-state index contributed by atoms with van der Waals surface area (Å²) in [5.74, 6) is 0. The summed E-state index contributed by atoms with van der Waals surface area (Å²) in [4.78, 5) is 15.0. The highest BCUT2D eigenvalue weighted by atomic mass is 16.7. The smallest absolute Gasteiger partial charge is 0.155 e. The maximum Gasteiger partial charge on any atom is 0.155 e. The van der Waals surface area contributed by atoms with Crippen molar-refractivity contribution < 1.29 is 4.84 Å². The zero-order valence-electron chi connectivity index (χ0n) is 6.70. The van der Waals surface area contributed by atoms with E-state index in [2.05, 4.69) is 16.8 Å². The van der Waals surface area contributed by atoms with Gasteiger partial charge in [0.2, 0.25) is 0 Å². The summed E-state index contributed by atoms with van der Waals surface area (Å²) < 4.78 is 0. The van der Waals surface area contributed by atoms with Crippen LogP contribution in [0.15, 0.2) is 18.0 Å². The highest BCUT2D eigenvalue weighted by Crippen LogP contribution is 1.70. The van der Waals surface area contributed by atoms with E-state index in [9.17, 15) is 0 Å². The Morgan fingerprint density at radius 2 is 2.00 bits per heavy atom. The first-order chi connectivity index (χ1) is 4.65. The van der Waals surface area contributed by atoms with Gasteiger partial charge in [-0.05, 0) is 21.1 Å². The van der Waals surface area contributed by atoms with Crippen LogP contribution in [-0.4, -0.2) is 32.6 Å². The lowest BCUT2D eigenvalue weighted by molar-refractivity contribution is 0.170. The van der Waals surface area contributed by atoms with Crippen LogP contribution in [0, 0.1) is 4.91 Å². The van der Waals surface area contributed by atoms with E-state index < -0.39 is 0 Å². The molecule has 0 heterocycles. The molecule has 0 aliphatic heterocycles. The van der Waals surface area contributed by atoms with Crippen molar-refractivity contribution >= 4 is 0 Å². The highest BCUT2D eigenvalue weighted by molar-refractivity contribution is 4.62. The van der Waals surface area contributed by atoms with Gasteiger partial charge in [-0.2, -0.15) is 0 Å². The first-order valence-electron chi connectivity index (χ1n) is 2.81. The summed E-state index contributed by atoms with van der Waals surface area (Å²) in [6, 6.07) is 0. The van der Waals surface area contributed by atoms with Gasteiger partial charge in [-0.25, -0.2) is 0 Å². The fourth-order valence-electron chi connectivity index (χ4n) is 0.0831. The van der Waals surface area contributed by atoms with Crippen molar-refractivity contribution in [2.45, 2.75) is 0 Å². The Morgan fingerprint density at radius 3 is 2.10 bits per heavy atom. The largest absolute Gasteiger partial charge is 0.360 e. The van der Waals surface area contributed by atoms with Gasteiger partial charge in [-0.3, -0.25) is 0 Å². The third kappa shape index (κ3) is 59.9. The van der Waals surface area contributed by atoms with Gasteiger partial charge in [-0.1, -0.05) is 12.7 Å². The van der Waals surface area contributed by atoms with Crippen molar-refractivity contribution in [3.05, 3.63) is 17.6 Å². The molecule has 0 amide bonds. The molecule has 0 N–H and O–H groups in total. The molecule has 0 unspecified atom stereocenters. The second kappa shape index (κ2) is 11.0. The molecule has 0 atom stereocenters. The molecule has 0 spiro atoms. The second-order valence-corrected chi connectivity index (χ2v) is 2.00. The minimum Gasteiger partial charge on any atom is -0.360 e. The molecule has 60 valence electrons. The van der Waals surface area contributed by atoms with Crippen molar-refractivity contribution in [1.29, 1.82) is 0 Å². The summed E-state index contributed by atoms with van der Waals surface area (Å²) >= 11 is 0. The van der Waals surface area contributed by atoms with Crippen LogP contribution in [0.5, 0.6) is 0 Å². The van der Waals surface area contributed by atoms with E-state index in [0.29, 0.717) is 0 Å². The Bertz CT molecular complexity index is 73.1. The Kier molecular flexibility index (Phi) is 13.0. The molecule has 0 bridgehead atoms. The Balaban J connectivity index is 0. The molecule has 0 saturated heterocycles. The maximum atomic E-state index is 9.04. The summed E-state index contributed by atoms with van der Waals surface area (Å²) in [7, 11) is 6.00. The van der Waals surface area contributed by atoms with Crippen LogP contribution >= 0.6 is 0 Å². The monoisotopic (exact) mass is 146 g/mol. The quantitative estimate of drug-likeness (QED) is 0.258. The summed E-state index contributed by atoms with van der Waals surface area (Å²) in [5, 5.41) is 2.10. The van der Waals surface area contributed by atoms with Crippen LogP contribution in [-0.2, 0) is 4.84 Å². The van der Waals surface area contributed by atoms with E-state index in [4.69, 9.17) is 4.91 Å². The number of nitrogens with zero attached hydrogens (tertiary/aromatic N) is 2. The number of hydrogen-bond donors (Lipinski definition) is 0. The second-order valence-electron chi connectivity index (χ2n) is 2.00. The van der Waals surface area contributed by atoms with Gasteiger partial charge in [-0.15, -0.1) is 4.91 Å². The average molecular weight is 146 g/mol. The number of hydrogen-bond acceptors (Lipinski definition) is 4. The van der Waals surface area contributed by atoms with Crippen molar-refractivity contribution in [3.8, 4) is 0 Å². The molecule has 0 aliphatic rings. The maximum absolute atomic E-state index is 9.04. The topological polar surface area (TPSA) is 41.9 Å². The van der Waals surface area contributed by atoms with Crippen LogP contribution in [0.2, 0.25) is 0 Å². The van der Waals surface area contributed by atoms with Crippen LogP contribution in [0.3, 0.4) is 0 Å². The van der Waals surface area contributed by atoms with E-state index in [1.54, 1.807) is 0 Å². The average Bonchev–Trinajstić information content (AvgIpc) is 1.82. The molecule has 4 heteroatoms. The standard InChI is InChI=1S/C3H5NO2.C3H9N/c1-2-3-6-4-5;1-4(2)3/h2H,1,3H2;1-3H3. The lowest BCUT2D eigenvalue weighted by Gasteiger charge is -1.90. The Morgan fingerprint density at radius 1 is 1.60 bits per heavy atom. The van der Waals surface area contributed by atoms with Crippen LogP contribution in [0.25, 0.3) is 0 Å². The minimum absolute atomic E-state index is 0.198. The Labute approximate surface area is 61.4 Å². The molecule has 0 radical (unpaired) electrons. The normalized spacial score (nSPS) is 7.60. The summed E-state index contributed by atoms with van der Waals surface area (Å²) in [5.41, 5.74) is 0. The van der Waals surface area contributed by atoms with Crippen LogP contribution < -0.4 is 0 Å². The van der Waals surface area contributed by atoms with E-state index in [1.807, 2.05) is 26.0 Å². The zero-order valence-corrected chi connectivity index (χ0v) is 6.70. The molecular weight excluding hydrogens is 132 g/mol. The van der Waals surface area contributed by atoms with Crippen molar-refractivity contribution in [2.24, 2.45) is 5.34 Å². The van der Waals surface area contributed by atoms with Gasteiger partial charge in [0.1, 0.15) is 6.61 Å². The predicted octanol–water partition coefficient (Wildman–Crippen LogP) is 1.05. The fraction of sp³-hybridized carbons (Fsp3) is 0.667. The van der Waals surface area contributed by atoms with Crippen LogP contribution in [0.4, 0.5) is 0 Å². The first-order valence-corrected chi connectivity index (χ1v) is 2.81. The van der Waals surface area contributed by atoms with Gasteiger partial charge < -0.3 is 9.74 Å². The molecular formula is C6H14N2O2. The van der Waals surface area contributed by atoms with Crippen molar-refractivity contribution in [1.82, 2.24) is 4.90 Å². The van der Waals surface area contributed by atoms with Crippen molar-refractivity contribution in [3.63, 3.8) is 0 Å². The first kappa shape index (κ1) is 11.8. The third-order valence-electron chi connectivity index (χ3n) is 0.245. The lowest BCUT2D eigenvalue weighted by Crippen LogP contribution is -1.99. The molecule has 10 heavy (non-hydrogen) atoms. The van der Waals surface area contributed by atoms with E-state index in [-0.39, 0.29) is 6.61 Å². The van der Waals surface area contributed by atoms with E-state index in [0.717, 1.165) is 0 Å². The molecule has 0 aromatic carbocycles. The van der Waals surface area contributed by atoms with Gasteiger partial charge >= 0.3 is 0 Å². The molecule has 0 rings (SSSR count). The summed E-state index contributed by atoms with van der Waals surface area (Å²) in [6.45, 7) is 3.47. The third-order valence-corrected chi connectivity index (χ3v) is 0.245. The predicted molar refractivity (Wildman–Crippen MR) is 41.6 cm³/mol. The molecule has 0 aliphatic carbocycles. The fourth-order valence-corrected chi connectivity index (χ4v) is 0.0831.